The van der Waals surface area contributed by atoms with Crippen LogP contribution in [0.15, 0.2) is 54.7 Å². The molecule has 1 aromatic heterocycles. The van der Waals surface area contributed by atoms with Crippen molar-refractivity contribution in [1.82, 2.24) is 4.98 Å². The largest absolute Gasteiger partial charge is 0.472 e. The molecule has 0 saturated heterocycles. The quantitative estimate of drug-likeness (QED) is 0.715. The van der Waals surface area contributed by atoms with Gasteiger partial charge in [0.25, 0.3) is 0 Å². The number of fused-ring (bicyclic) bond motifs is 1. The fourth-order valence-corrected chi connectivity index (χ4v) is 1.98. The molecule has 0 unspecified atom stereocenters. The SMILES string of the molecule is Fc1cc2ccnc(OCc3ccccc3)c2cc1F. The molecule has 20 heavy (non-hydrogen) atoms. The van der Waals surface area contributed by atoms with Gasteiger partial charge in [-0.1, -0.05) is 30.3 Å². The Balaban J connectivity index is 1.93. The maximum atomic E-state index is 13.3. The number of hydrogen-bond acceptors (Lipinski definition) is 2. The third-order valence-electron chi connectivity index (χ3n) is 2.99. The molecule has 0 fully saturated rings. The minimum absolute atomic E-state index is 0.297. The zero-order valence-corrected chi connectivity index (χ0v) is 10.5. The third-order valence-corrected chi connectivity index (χ3v) is 2.99. The van der Waals surface area contributed by atoms with E-state index in [1.54, 1.807) is 6.07 Å². The molecule has 1 heterocycles. The van der Waals surface area contributed by atoms with E-state index >= 15 is 0 Å². The van der Waals surface area contributed by atoms with Crippen LogP contribution in [0.1, 0.15) is 5.56 Å². The number of rotatable bonds is 3. The van der Waals surface area contributed by atoms with Crippen molar-refractivity contribution in [3.05, 3.63) is 71.9 Å². The molecule has 0 aliphatic heterocycles. The van der Waals surface area contributed by atoms with E-state index in [4.69, 9.17) is 4.74 Å². The third kappa shape index (κ3) is 2.45. The second kappa shape index (κ2) is 5.25. The van der Waals surface area contributed by atoms with Gasteiger partial charge in [0.05, 0.1) is 0 Å². The highest BCUT2D eigenvalue weighted by Crippen LogP contribution is 2.26. The summed E-state index contributed by atoms with van der Waals surface area (Å²) in [6.07, 6.45) is 1.51. The first-order valence-corrected chi connectivity index (χ1v) is 6.14. The van der Waals surface area contributed by atoms with E-state index in [2.05, 4.69) is 4.98 Å². The molecule has 0 N–H and O–H groups in total. The fourth-order valence-electron chi connectivity index (χ4n) is 1.98. The van der Waals surface area contributed by atoms with Crippen LogP contribution in [-0.2, 0) is 6.61 Å². The molecule has 0 aliphatic carbocycles. The van der Waals surface area contributed by atoms with Gasteiger partial charge in [-0.15, -0.1) is 0 Å². The van der Waals surface area contributed by atoms with Crippen LogP contribution in [0, 0.1) is 11.6 Å². The standard InChI is InChI=1S/C16H11F2NO/c17-14-8-12-6-7-19-16(13(12)9-15(14)18)20-10-11-4-2-1-3-5-11/h1-9H,10H2. The molecular formula is C16H11F2NO. The number of hydrogen-bond donors (Lipinski definition) is 0. The molecule has 0 aliphatic rings. The Kier molecular flexibility index (Phi) is 3.29. The average molecular weight is 271 g/mol. The highest BCUT2D eigenvalue weighted by molar-refractivity contribution is 5.86. The first kappa shape index (κ1) is 12.5. The summed E-state index contributed by atoms with van der Waals surface area (Å²) in [5, 5.41) is 1.02. The molecule has 3 rings (SSSR count). The Morgan fingerprint density at radius 1 is 0.950 bits per heavy atom. The van der Waals surface area contributed by atoms with Crippen LogP contribution in [0.5, 0.6) is 5.88 Å². The first-order chi connectivity index (χ1) is 9.74. The van der Waals surface area contributed by atoms with Crippen molar-refractivity contribution < 1.29 is 13.5 Å². The van der Waals surface area contributed by atoms with Gasteiger partial charge < -0.3 is 4.74 Å². The minimum Gasteiger partial charge on any atom is -0.472 e. The highest BCUT2D eigenvalue weighted by atomic mass is 19.2. The maximum absolute atomic E-state index is 13.3. The lowest BCUT2D eigenvalue weighted by Gasteiger charge is -2.08. The van der Waals surface area contributed by atoms with Crippen LogP contribution in [0.3, 0.4) is 0 Å². The number of benzene rings is 2. The van der Waals surface area contributed by atoms with Crippen molar-refractivity contribution in [2.24, 2.45) is 0 Å². The van der Waals surface area contributed by atoms with E-state index < -0.39 is 11.6 Å². The van der Waals surface area contributed by atoms with Crippen LogP contribution in [0.4, 0.5) is 8.78 Å². The number of ether oxygens (including phenoxy) is 1. The van der Waals surface area contributed by atoms with Gasteiger partial charge in [0, 0.05) is 11.6 Å². The Morgan fingerprint density at radius 3 is 2.50 bits per heavy atom. The van der Waals surface area contributed by atoms with Crippen LogP contribution in [-0.4, -0.2) is 4.98 Å². The van der Waals surface area contributed by atoms with Crippen LogP contribution >= 0.6 is 0 Å². The van der Waals surface area contributed by atoms with Crippen molar-refractivity contribution in [2.45, 2.75) is 6.61 Å². The Hall–Kier alpha value is -2.49. The smallest absolute Gasteiger partial charge is 0.221 e. The highest BCUT2D eigenvalue weighted by Gasteiger charge is 2.09. The van der Waals surface area contributed by atoms with Crippen molar-refractivity contribution in [1.29, 1.82) is 0 Å². The molecule has 4 heteroatoms. The lowest BCUT2D eigenvalue weighted by Crippen LogP contribution is -1.98. The molecule has 3 aromatic rings. The van der Waals surface area contributed by atoms with Gasteiger partial charge in [-0.2, -0.15) is 0 Å². The van der Waals surface area contributed by atoms with Crippen molar-refractivity contribution in [2.75, 3.05) is 0 Å². The zero-order valence-electron chi connectivity index (χ0n) is 10.5. The van der Waals surface area contributed by atoms with Crippen LogP contribution < -0.4 is 4.74 Å². The predicted molar refractivity (Wildman–Crippen MR) is 72.4 cm³/mol. The molecule has 0 amide bonds. The number of pyridine rings is 1. The maximum Gasteiger partial charge on any atom is 0.221 e. The van der Waals surface area contributed by atoms with E-state index in [-0.39, 0.29) is 0 Å². The molecule has 0 bridgehead atoms. The Labute approximate surface area is 114 Å². The van der Waals surface area contributed by atoms with Gasteiger partial charge >= 0.3 is 0 Å². The predicted octanol–water partition coefficient (Wildman–Crippen LogP) is 4.09. The molecule has 2 aromatic carbocycles. The summed E-state index contributed by atoms with van der Waals surface area (Å²) < 4.78 is 32.1. The number of nitrogens with zero attached hydrogens (tertiary/aromatic N) is 1. The summed E-state index contributed by atoms with van der Waals surface area (Å²) in [5.41, 5.74) is 0.980. The average Bonchev–Trinajstić information content (AvgIpc) is 2.47. The van der Waals surface area contributed by atoms with Gasteiger partial charge in [-0.25, -0.2) is 13.8 Å². The Bertz CT molecular complexity index is 744. The van der Waals surface area contributed by atoms with Crippen molar-refractivity contribution in [3.8, 4) is 5.88 Å². The van der Waals surface area contributed by atoms with Crippen molar-refractivity contribution in [3.63, 3.8) is 0 Å². The van der Waals surface area contributed by atoms with Crippen LogP contribution in [0.2, 0.25) is 0 Å². The normalized spacial score (nSPS) is 10.7. The van der Waals surface area contributed by atoms with E-state index in [1.807, 2.05) is 30.3 Å². The van der Waals surface area contributed by atoms with E-state index in [1.165, 1.54) is 6.20 Å². The van der Waals surface area contributed by atoms with Crippen LogP contribution in [0.25, 0.3) is 10.8 Å². The topological polar surface area (TPSA) is 22.1 Å². The van der Waals surface area contributed by atoms with Gasteiger partial charge in [-0.05, 0) is 29.1 Å². The molecule has 0 radical (unpaired) electrons. The fraction of sp³-hybridized carbons (Fsp3) is 0.0625. The lowest BCUT2D eigenvalue weighted by atomic mass is 10.1. The number of halogens is 2. The number of aromatic nitrogens is 1. The summed E-state index contributed by atoms with van der Waals surface area (Å²) in [5.74, 6) is -1.49. The Morgan fingerprint density at radius 2 is 1.70 bits per heavy atom. The molecule has 0 spiro atoms. The molecule has 2 nitrogen and oxygen atoms in total. The minimum atomic E-state index is -0.907. The van der Waals surface area contributed by atoms with Crippen molar-refractivity contribution >= 4 is 10.8 Å². The van der Waals surface area contributed by atoms with Gasteiger partial charge in [-0.3, -0.25) is 0 Å². The summed E-state index contributed by atoms with van der Waals surface area (Å²) in [6.45, 7) is 0.325. The summed E-state index contributed by atoms with van der Waals surface area (Å²) in [4.78, 5) is 4.08. The molecule has 0 atom stereocenters. The molecule has 0 saturated carbocycles. The van der Waals surface area contributed by atoms with Gasteiger partial charge in [0.2, 0.25) is 5.88 Å². The monoisotopic (exact) mass is 271 g/mol. The molecular weight excluding hydrogens is 260 g/mol. The summed E-state index contributed by atoms with van der Waals surface area (Å²) in [7, 11) is 0. The second-order valence-corrected chi connectivity index (χ2v) is 4.38. The lowest BCUT2D eigenvalue weighted by molar-refractivity contribution is 0.298. The second-order valence-electron chi connectivity index (χ2n) is 4.38. The first-order valence-electron chi connectivity index (χ1n) is 6.14. The summed E-state index contributed by atoms with van der Waals surface area (Å²) in [6, 6.07) is 13.4. The van der Waals surface area contributed by atoms with Gasteiger partial charge in [0.1, 0.15) is 6.61 Å². The summed E-state index contributed by atoms with van der Waals surface area (Å²) >= 11 is 0. The van der Waals surface area contributed by atoms with E-state index in [0.29, 0.717) is 23.3 Å². The van der Waals surface area contributed by atoms with Gasteiger partial charge in [0.15, 0.2) is 11.6 Å². The zero-order chi connectivity index (χ0) is 13.9. The molecule has 100 valence electrons. The van der Waals surface area contributed by atoms with E-state index in [0.717, 1.165) is 17.7 Å². The van der Waals surface area contributed by atoms with E-state index in [9.17, 15) is 8.78 Å².